The minimum absolute atomic E-state index is 0.198. The first-order chi connectivity index (χ1) is 9.54. The van der Waals surface area contributed by atoms with Crippen LogP contribution in [-0.2, 0) is 4.74 Å². The van der Waals surface area contributed by atoms with Gasteiger partial charge in [0.2, 0.25) is 0 Å². The van der Waals surface area contributed by atoms with Gasteiger partial charge in [-0.2, -0.15) is 5.10 Å². The van der Waals surface area contributed by atoms with Crippen LogP contribution in [0, 0.1) is 5.92 Å². The van der Waals surface area contributed by atoms with Crippen molar-refractivity contribution in [2.75, 3.05) is 14.2 Å². The minimum atomic E-state index is 0.198. The van der Waals surface area contributed by atoms with E-state index < -0.39 is 0 Å². The van der Waals surface area contributed by atoms with Crippen molar-refractivity contribution in [2.45, 2.75) is 26.8 Å². The molecule has 0 N–H and O–H groups in total. The van der Waals surface area contributed by atoms with Crippen LogP contribution in [0.1, 0.15) is 32.4 Å². The van der Waals surface area contributed by atoms with Crippen molar-refractivity contribution in [1.29, 1.82) is 0 Å². The summed E-state index contributed by atoms with van der Waals surface area (Å²) in [6.45, 7) is 10.0. The molecule has 4 heteroatoms. The zero-order valence-electron chi connectivity index (χ0n) is 12.9. The predicted octanol–water partition coefficient (Wildman–Crippen LogP) is 4.50. The first-order valence-electron chi connectivity index (χ1n) is 6.84. The molecular weight excluding hydrogens is 272 g/mol. The fourth-order valence-corrected chi connectivity index (χ4v) is 2.50. The highest BCUT2D eigenvalue weighted by Gasteiger charge is 2.34. The van der Waals surface area contributed by atoms with Crippen molar-refractivity contribution in [3.05, 3.63) is 47.2 Å². The number of nitrogens with zero attached hydrogens (tertiary/aromatic N) is 2. The zero-order valence-corrected chi connectivity index (χ0v) is 13.6. The molecule has 0 aromatic heterocycles. The molecule has 0 amide bonds. The number of rotatable bonds is 3. The van der Waals surface area contributed by atoms with Crippen LogP contribution in [0.4, 0.5) is 0 Å². The average Bonchev–Trinajstić information content (AvgIpc) is 2.77. The summed E-state index contributed by atoms with van der Waals surface area (Å²) in [5.74, 6) is 0.870. The second-order valence-corrected chi connectivity index (χ2v) is 4.91. The Labute approximate surface area is 126 Å². The van der Waals surface area contributed by atoms with Crippen LogP contribution in [0.25, 0.3) is 0 Å². The van der Waals surface area contributed by atoms with Crippen molar-refractivity contribution in [1.82, 2.24) is 5.01 Å². The first-order valence-corrected chi connectivity index (χ1v) is 7.22. The Hall–Kier alpha value is -1.48. The van der Waals surface area contributed by atoms with Crippen molar-refractivity contribution in [2.24, 2.45) is 11.0 Å². The SMILES string of the molecule is C=C(OC)C1=NN(C)C(c2ccc(Cl)cc2)[C@@H]1C.CC. The van der Waals surface area contributed by atoms with Crippen LogP contribution in [0.15, 0.2) is 41.7 Å². The van der Waals surface area contributed by atoms with Crippen LogP contribution in [0.2, 0.25) is 5.02 Å². The molecule has 110 valence electrons. The normalized spacial score (nSPS) is 20.9. The third-order valence-electron chi connectivity index (χ3n) is 3.32. The lowest BCUT2D eigenvalue weighted by Crippen LogP contribution is -2.21. The Morgan fingerprint density at radius 3 is 2.35 bits per heavy atom. The molecule has 1 unspecified atom stereocenters. The van der Waals surface area contributed by atoms with Gasteiger partial charge in [0, 0.05) is 18.0 Å². The molecule has 2 atom stereocenters. The van der Waals surface area contributed by atoms with E-state index in [-0.39, 0.29) is 12.0 Å². The molecular formula is C16H23ClN2O. The van der Waals surface area contributed by atoms with Gasteiger partial charge in [0.25, 0.3) is 0 Å². The number of methoxy groups -OCH3 is 1. The van der Waals surface area contributed by atoms with Crippen molar-refractivity contribution < 1.29 is 4.74 Å². The van der Waals surface area contributed by atoms with E-state index in [1.54, 1.807) is 7.11 Å². The van der Waals surface area contributed by atoms with Crippen LogP contribution in [0.5, 0.6) is 0 Å². The monoisotopic (exact) mass is 294 g/mol. The summed E-state index contributed by atoms with van der Waals surface area (Å²) in [6, 6.07) is 8.08. The molecule has 20 heavy (non-hydrogen) atoms. The average molecular weight is 295 g/mol. The summed E-state index contributed by atoms with van der Waals surface area (Å²) >= 11 is 5.92. The summed E-state index contributed by atoms with van der Waals surface area (Å²) in [6.07, 6.45) is 0. The van der Waals surface area contributed by atoms with Gasteiger partial charge in [-0.3, -0.25) is 5.01 Å². The van der Waals surface area contributed by atoms with Gasteiger partial charge in [0.15, 0.2) is 0 Å². The number of benzene rings is 1. The Balaban J connectivity index is 0.000000956. The van der Waals surface area contributed by atoms with Gasteiger partial charge in [-0.25, -0.2) is 0 Å². The maximum absolute atomic E-state index is 5.92. The second-order valence-electron chi connectivity index (χ2n) is 4.47. The summed E-state index contributed by atoms with van der Waals surface area (Å²) in [7, 11) is 3.58. The third kappa shape index (κ3) is 3.34. The van der Waals surface area contributed by atoms with Crippen molar-refractivity contribution in [3.8, 4) is 0 Å². The topological polar surface area (TPSA) is 24.8 Å². The maximum Gasteiger partial charge on any atom is 0.135 e. The zero-order chi connectivity index (χ0) is 15.3. The van der Waals surface area contributed by atoms with E-state index in [1.807, 2.05) is 50.2 Å². The van der Waals surface area contributed by atoms with E-state index in [0.29, 0.717) is 5.76 Å². The Bertz CT molecular complexity index is 482. The highest BCUT2D eigenvalue weighted by Crippen LogP contribution is 2.36. The maximum atomic E-state index is 5.92. The Morgan fingerprint density at radius 2 is 1.85 bits per heavy atom. The van der Waals surface area contributed by atoms with Crippen molar-refractivity contribution >= 4 is 17.3 Å². The Morgan fingerprint density at radius 1 is 1.30 bits per heavy atom. The fraction of sp³-hybridized carbons (Fsp3) is 0.438. The van der Waals surface area contributed by atoms with E-state index in [0.717, 1.165) is 10.7 Å². The van der Waals surface area contributed by atoms with Gasteiger partial charge in [0.05, 0.1) is 13.2 Å². The third-order valence-corrected chi connectivity index (χ3v) is 3.57. The molecule has 0 fully saturated rings. The number of allylic oxidation sites excluding steroid dienone is 1. The lowest BCUT2D eigenvalue weighted by atomic mass is 9.91. The number of hydrazone groups is 1. The number of hydrogen-bond donors (Lipinski definition) is 0. The minimum Gasteiger partial charge on any atom is -0.495 e. The van der Waals surface area contributed by atoms with Gasteiger partial charge in [-0.1, -0.05) is 51.1 Å². The molecule has 0 bridgehead atoms. The molecule has 1 aromatic rings. The first kappa shape index (κ1) is 16.6. The molecule has 1 aliphatic rings. The Kier molecular flexibility index (Phi) is 6.08. The van der Waals surface area contributed by atoms with Crippen LogP contribution >= 0.6 is 11.6 Å². The highest BCUT2D eigenvalue weighted by atomic mass is 35.5. The molecule has 3 nitrogen and oxygen atoms in total. The van der Waals surface area contributed by atoms with Crippen LogP contribution in [-0.4, -0.2) is 24.9 Å². The van der Waals surface area contributed by atoms with Crippen molar-refractivity contribution in [3.63, 3.8) is 0 Å². The van der Waals surface area contributed by atoms with Gasteiger partial charge < -0.3 is 4.74 Å². The van der Waals surface area contributed by atoms with E-state index >= 15 is 0 Å². The van der Waals surface area contributed by atoms with E-state index in [4.69, 9.17) is 16.3 Å². The van der Waals surface area contributed by atoms with Crippen LogP contribution in [0.3, 0.4) is 0 Å². The van der Waals surface area contributed by atoms with E-state index in [9.17, 15) is 0 Å². The number of ether oxygens (including phenoxy) is 1. The second kappa shape index (κ2) is 7.34. The summed E-state index contributed by atoms with van der Waals surface area (Å²) in [4.78, 5) is 0. The number of halogens is 1. The lowest BCUT2D eigenvalue weighted by Gasteiger charge is -2.23. The molecule has 0 radical (unpaired) electrons. The molecule has 0 saturated carbocycles. The number of hydrogen-bond acceptors (Lipinski definition) is 3. The summed E-state index contributed by atoms with van der Waals surface area (Å²) < 4.78 is 5.18. The molecule has 1 heterocycles. The summed E-state index contributed by atoms with van der Waals surface area (Å²) in [5.41, 5.74) is 2.09. The standard InChI is InChI=1S/C14H17ClN2O.C2H6/c1-9-13(10(2)18-4)16-17(3)14(9)11-5-7-12(15)8-6-11;1-2/h5-9,14H,2H2,1,3-4H3;1-2H3/t9-,14?;/m1./s1. The molecule has 2 rings (SSSR count). The fourth-order valence-electron chi connectivity index (χ4n) is 2.37. The molecule has 1 aromatic carbocycles. The smallest absolute Gasteiger partial charge is 0.135 e. The van der Waals surface area contributed by atoms with Crippen LogP contribution < -0.4 is 0 Å². The van der Waals surface area contributed by atoms with E-state index in [2.05, 4.69) is 18.6 Å². The quantitative estimate of drug-likeness (QED) is 0.767. The molecule has 0 aliphatic carbocycles. The highest BCUT2D eigenvalue weighted by molar-refractivity contribution is 6.30. The van der Waals surface area contributed by atoms with Gasteiger partial charge >= 0.3 is 0 Å². The van der Waals surface area contributed by atoms with E-state index in [1.165, 1.54) is 5.56 Å². The molecule has 0 saturated heterocycles. The largest absolute Gasteiger partial charge is 0.495 e. The molecule has 1 aliphatic heterocycles. The van der Waals surface area contributed by atoms with Gasteiger partial charge in [-0.15, -0.1) is 0 Å². The van der Waals surface area contributed by atoms with Gasteiger partial charge in [-0.05, 0) is 17.7 Å². The predicted molar refractivity (Wildman–Crippen MR) is 86.1 cm³/mol. The van der Waals surface area contributed by atoms with Gasteiger partial charge in [0.1, 0.15) is 11.5 Å². The summed E-state index contributed by atoms with van der Waals surface area (Å²) in [5, 5.41) is 7.21. The lowest BCUT2D eigenvalue weighted by molar-refractivity contribution is 0.257. The molecule has 0 spiro atoms.